The van der Waals surface area contributed by atoms with Gasteiger partial charge in [0.1, 0.15) is 0 Å². The van der Waals surface area contributed by atoms with E-state index in [0.29, 0.717) is 17.6 Å². The van der Waals surface area contributed by atoms with E-state index in [-0.39, 0.29) is 16.8 Å². The first-order valence-electron chi connectivity index (χ1n) is 10.3. The highest BCUT2D eigenvalue weighted by molar-refractivity contribution is 7.99. The SMILES string of the molecule is CCOC(=O)c1ccc(C23CC(c4ccc5c(c4)C(C)(C)CCS5)(C2)C3)nc1. The minimum absolute atomic E-state index is 0.216. The van der Waals surface area contributed by atoms with E-state index >= 15 is 0 Å². The van der Waals surface area contributed by atoms with Gasteiger partial charge in [-0.15, -0.1) is 11.8 Å². The van der Waals surface area contributed by atoms with Crippen LogP contribution in [0.3, 0.4) is 0 Å². The summed E-state index contributed by atoms with van der Waals surface area (Å²) in [5, 5.41) is 0. The van der Waals surface area contributed by atoms with Crippen LogP contribution in [0.4, 0.5) is 0 Å². The predicted molar refractivity (Wildman–Crippen MR) is 112 cm³/mol. The maximum Gasteiger partial charge on any atom is 0.339 e. The normalized spacial score (nSPS) is 29.2. The molecule has 0 saturated heterocycles. The molecular weight excluding hydrogens is 366 g/mol. The summed E-state index contributed by atoms with van der Waals surface area (Å²) in [6.07, 6.45) is 6.47. The minimum Gasteiger partial charge on any atom is -0.462 e. The van der Waals surface area contributed by atoms with E-state index in [1.807, 2.05) is 30.8 Å². The van der Waals surface area contributed by atoms with Gasteiger partial charge in [0.2, 0.25) is 0 Å². The number of carbonyl (C=O) groups excluding carboxylic acids is 1. The highest BCUT2D eigenvalue weighted by Gasteiger charge is 2.69. The number of pyridine rings is 1. The van der Waals surface area contributed by atoms with Gasteiger partial charge in [-0.25, -0.2) is 4.79 Å². The van der Waals surface area contributed by atoms with Gasteiger partial charge in [0.25, 0.3) is 0 Å². The smallest absolute Gasteiger partial charge is 0.339 e. The molecule has 2 bridgehead atoms. The molecule has 6 rings (SSSR count). The van der Waals surface area contributed by atoms with Crippen LogP contribution >= 0.6 is 11.8 Å². The molecule has 0 spiro atoms. The molecule has 0 atom stereocenters. The van der Waals surface area contributed by atoms with Crippen LogP contribution in [0, 0.1) is 0 Å². The van der Waals surface area contributed by atoms with Crippen molar-refractivity contribution in [1.82, 2.24) is 4.98 Å². The molecule has 4 heteroatoms. The summed E-state index contributed by atoms with van der Waals surface area (Å²) in [6.45, 7) is 6.98. The molecule has 146 valence electrons. The van der Waals surface area contributed by atoms with Crippen molar-refractivity contribution in [2.75, 3.05) is 12.4 Å². The Morgan fingerprint density at radius 1 is 1.14 bits per heavy atom. The van der Waals surface area contributed by atoms with Gasteiger partial charge in [0.15, 0.2) is 0 Å². The second-order valence-electron chi connectivity index (χ2n) is 9.44. The van der Waals surface area contributed by atoms with E-state index in [0.717, 1.165) is 5.69 Å². The molecule has 0 unspecified atom stereocenters. The fourth-order valence-corrected chi connectivity index (χ4v) is 6.96. The Balaban J connectivity index is 1.34. The first-order chi connectivity index (χ1) is 13.4. The zero-order valence-electron chi connectivity index (χ0n) is 16.9. The second-order valence-corrected chi connectivity index (χ2v) is 10.6. The van der Waals surface area contributed by atoms with Crippen LogP contribution < -0.4 is 0 Å². The molecule has 0 N–H and O–H groups in total. The average Bonchev–Trinajstić information content (AvgIpc) is 2.60. The van der Waals surface area contributed by atoms with Crippen LogP contribution in [0.5, 0.6) is 0 Å². The zero-order chi connectivity index (χ0) is 19.6. The maximum atomic E-state index is 11.8. The molecule has 3 fully saturated rings. The lowest BCUT2D eigenvalue weighted by molar-refractivity contribution is -0.0724. The molecule has 1 aromatic heterocycles. The van der Waals surface area contributed by atoms with E-state index in [1.54, 1.807) is 6.20 Å². The monoisotopic (exact) mass is 393 g/mol. The van der Waals surface area contributed by atoms with E-state index in [1.165, 1.54) is 47.5 Å². The first kappa shape index (κ1) is 18.2. The third kappa shape index (κ3) is 2.57. The number of carbonyl (C=O) groups is 1. The molecular formula is C24H27NO2S. The predicted octanol–water partition coefficient (Wildman–Crippen LogP) is 5.41. The van der Waals surface area contributed by atoms with Gasteiger partial charge >= 0.3 is 5.97 Å². The summed E-state index contributed by atoms with van der Waals surface area (Å²) < 4.78 is 5.06. The molecule has 3 aliphatic carbocycles. The van der Waals surface area contributed by atoms with Crippen LogP contribution in [0.15, 0.2) is 41.4 Å². The largest absolute Gasteiger partial charge is 0.462 e. The van der Waals surface area contributed by atoms with Gasteiger partial charge in [0.05, 0.1) is 12.2 Å². The summed E-state index contributed by atoms with van der Waals surface area (Å²) in [5.74, 6) is 0.936. The first-order valence-corrected chi connectivity index (χ1v) is 11.3. The van der Waals surface area contributed by atoms with Crippen molar-refractivity contribution in [3.05, 3.63) is 58.9 Å². The highest BCUT2D eigenvalue weighted by atomic mass is 32.2. The Morgan fingerprint density at radius 3 is 2.61 bits per heavy atom. The number of aromatic nitrogens is 1. The van der Waals surface area contributed by atoms with Crippen LogP contribution in [0.25, 0.3) is 0 Å². The summed E-state index contributed by atoms with van der Waals surface area (Å²) in [5.41, 5.74) is 5.58. The van der Waals surface area contributed by atoms with Crippen LogP contribution in [-0.2, 0) is 21.0 Å². The van der Waals surface area contributed by atoms with Crippen LogP contribution in [-0.4, -0.2) is 23.3 Å². The lowest BCUT2D eigenvalue weighted by Crippen LogP contribution is -2.67. The van der Waals surface area contributed by atoms with Gasteiger partial charge < -0.3 is 4.74 Å². The lowest BCUT2D eigenvalue weighted by atomic mass is 9.32. The van der Waals surface area contributed by atoms with Gasteiger partial charge in [-0.2, -0.15) is 0 Å². The average molecular weight is 394 g/mol. The summed E-state index contributed by atoms with van der Waals surface area (Å²) in [4.78, 5) is 17.9. The fraction of sp³-hybridized carbons (Fsp3) is 0.500. The molecule has 28 heavy (non-hydrogen) atoms. The molecule has 2 heterocycles. The van der Waals surface area contributed by atoms with Gasteiger partial charge in [-0.05, 0) is 78.5 Å². The van der Waals surface area contributed by atoms with E-state index in [2.05, 4.69) is 37.0 Å². The molecule has 2 aromatic rings. The number of esters is 1. The van der Waals surface area contributed by atoms with Crippen molar-refractivity contribution in [1.29, 1.82) is 0 Å². The fourth-order valence-electron chi connectivity index (χ4n) is 5.47. The molecule has 0 radical (unpaired) electrons. The minimum atomic E-state index is -0.287. The summed E-state index contributed by atoms with van der Waals surface area (Å²) >= 11 is 2.00. The highest BCUT2D eigenvalue weighted by Crippen LogP contribution is 2.73. The molecule has 0 amide bonds. The lowest BCUT2D eigenvalue weighted by Gasteiger charge is -2.71. The summed E-state index contributed by atoms with van der Waals surface area (Å²) in [6, 6.07) is 11.1. The Morgan fingerprint density at radius 2 is 1.93 bits per heavy atom. The van der Waals surface area contributed by atoms with Crippen molar-refractivity contribution in [2.45, 2.75) is 67.6 Å². The Labute approximate surface area is 171 Å². The number of ether oxygens (including phenoxy) is 1. The third-order valence-electron chi connectivity index (χ3n) is 7.15. The Bertz CT molecular complexity index is 928. The molecule has 1 aromatic carbocycles. The van der Waals surface area contributed by atoms with Crippen molar-refractivity contribution in [2.24, 2.45) is 0 Å². The molecule has 1 aliphatic heterocycles. The second kappa shape index (κ2) is 6.09. The number of hydrogen-bond acceptors (Lipinski definition) is 4. The number of fused-ring (bicyclic) bond motifs is 1. The van der Waals surface area contributed by atoms with Crippen molar-refractivity contribution in [3.8, 4) is 0 Å². The van der Waals surface area contributed by atoms with Crippen LogP contribution in [0.1, 0.15) is 73.6 Å². The Hall–Kier alpha value is -1.81. The zero-order valence-corrected chi connectivity index (χ0v) is 17.7. The van der Waals surface area contributed by atoms with Gasteiger partial charge in [-0.3, -0.25) is 4.98 Å². The van der Waals surface area contributed by atoms with Crippen molar-refractivity contribution >= 4 is 17.7 Å². The topological polar surface area (TPSA) is 39.2 Å². The number of hydrogen-bond donors (Lipinski definition) is 0. The number of benzene rings is 1. The van der Waals surface area contributed by atoms with Gasteiger partial charge in [0, 0.05) is 22.2 Å². The number of rotatable bonds is 4. The Kier molecular flexibility index (Phi) is 3.97. The third-order valence-corrected chi connectivity index (χ3v) is 8.23. The van der Waals surface area contributed by atoms with E-state index in [4.69, 9.17) is 4.74 Å². The van der Waals surface area contributed by atoms with Crippen molar-refractivity contribution in [3.63, 3.8) is 0 Å². The van der Waals surface area contributed by atoms with E-state index < -0.39 is 0 Å². The maximum absolute atomic E-state index is 11.8. The van der Waals surface area contributed by atoms with Gasteiger partial charge in [-0.1, -0.05) is 26.0 Å². The number of thioether (sulfide) groups is 1. The van der Waals surface area contributed by atoms with E-state index in [9.17, 15) is 4.79 Å². The van der Waals surface area contributed by atoms with Crippen molar-refractivity contribution < 1.29 is 9.53 Å². The number of nitrogens with zero attached hydrogens (tertiary/aromatic N) is 1. The quantitative estimate of drug-likeness (QED) is 0.652. The van der Waals surface area contributed by atoms with Crippen LogP contribution in [0.2, 0.25) is 0 Å². The summed E-state index contributed by atoms with van der Waals surface area (Å²) in [7, 11) is 0. The standard InChI is InChI=1S/C24H27NO2S/c1-4-27-21(26)16-5-8-20(25-12-16)24-13-23(14-24,15-24)17-6-7-19-18(11-17)22(2,3)9-10-28-19/h5-8,11-12H,4,9-10,13-15H2,1-3H3. The molecule has 3 saturated carbocycles. The molecule has 4 aliphatic rings. The molecule has 3 nitrogen and oxygen atoms in total.